The van der Waals surface area contributed by atoms with E-state index in [1.165, 1.54) is 0 Å². The van der Waals surface area contributed by atoms with Gasteiger partial charge in [0.25, 0.3) is 5.91 Å². The van der Waals surface area contributed by atoms with Gasteiger partial charge in [0.2, 0.25) is 0 Å². The van der Waals surface area contributed by atoms with Crippen LogP contribution in [0, 0.1) is 6.92 Å². The van der Waals surface area contributed by atoms with Crippen molar-refractivity contribution in [2.75, 3.05) is 11.9 Å². The summed E-state index contributed by atoms with van der Waals surface area (Å²) < 4.78 is 6.40. The fourth-order valence-electron chi connectivity index (χ4n) is 2.10. The van der Waals surface area contributed by atoms with Crippen molar-refractivity contribution in [2.45, 2.75) is 6.92 Å². The highest BCUT2D eigenvalue weighted by atomic mass is 79.9. The minimum Gasteiger partial charge on any atom is -0.484 e. The van der Waals surface area contributed by atoms with Crippen molar-refractivity contribution in [1.82, 2.24) is 10.2 Å². The minimum atomic E-state index is -0.213. The van der Waals surface area contributed by atoms with Gasteiger partial charge in [0.1, 0.15) is 5.75 Å². The standard InChI is InChI=1S/C16H14BrN3O2/c1-10-14-7-4-12(8-15(14)20-19-10)18-16(21)9-22-13-5-2-11(17)3-6-13/h2-8H,9H2,1H3,(H,18,21)(H,19,20). The zero-order valence-corrected chi connectivity index (χ0v) is 13.5. The molecule has 2 aromatic carbocycles. The van der Waals surface area contributed by atoms with Crippen LogP contribution in [0.2, 0.25) is 0 Å². The van der Waals surface area contributed by atoms with Crippen LogP contribution >= 0.6 is 15.9 Å². The van der Waals surface area contributed by atoms with E-state index in [1.54, 1.807) is 12.1 Å². The zero-order chi connectivity index (χ0) is 15.5. The number of aromatic amines is 1. The van der Waals surface area contributed by atoms with Crippen LogP contribution in [0.15, 0.2) is 46.9 Å². The molecule has 22 heavy (non-hydrogen) atoms. The molecule has 3 rings (SSSR count). The number of H-pyrrole nitrogens is 1. The summed E-state index contributed by atoms with van der Waals surface area (Å²) >= 11 is 3.35. The number of rotatable bonds is 4. The lowest BCUT2D eigenvalue weighted by Crippen LogP contribution is -2.20. The number of nitrogens with zero attached hydrogens (tertiary/aromatic N) is 1. The number of aromatic nitrogens is 2. The van der Waals surface area contributed by atoms with Crippen molar-refractivity contribution in [2.24, 2.45) is 0 Å². The van der Waals surface area contributed by atoms with E-state index in [2.05, 4.69) is 31.4 Å². The van der Waals surface area contributed by atoms with Crippen molar-refractivity contribution in [1.29, 1.82) is 0 Å². The molecular formula is C16H14BrN3O2. The molecule has 0 saturated heterocycles. The zero-order valence-electron chi connectivity index (χ0n) is 11.9. The van der Waals surface area contributed by atoms with Crippen molar-refractivity contribution < 1.29 is 9.53 Å². The Bertz CT molecular complexity index is 812. The molecular weight excluding hydrogens is 346 g/mol. The summed E-state index contributed by atoms with van der Waals surface area (Å²) in [7, 11) is 0. The number of amides is 1. The van der Waals surface area contributed by atoms with E-state index in [-0.39, 0.29) is 12.5 Å². The van der Waals surface area contributed by atoms with Crippen molar-refractivity contribution in [3.8, 4) is 5.75 Å². The molecule has 0 fully saturated rings. The van der Waals surface area contributed by atoms with E-state index in [9.17, 15) is 4.79 Å². The lowest BCUT2D eigenvalue weighted by Gasteiger charge is -2.07. The molecule has 0 spiro atoms. The Morgan fingerprint density at radius 1 is 1.27 bits per heavy atom. The largest absolute Gasteiger partial charge is 0.484 e. The van der Waals surface area contributed by atoms with Crippen LogP contribution in [0.4, 0.5) is 5.69 Å². The van der Waals surface area contributed by atoms with E-state index < -0.39 is 0 Å². The maximum atomic E-state index is 11.9. The first-order valence-electron chi connectivity index (χ1n) is 6.75. The van der Waals surface area contributed by atoms with Crippen LogP contribution in [0.1, 0.15) is 5.69 Å². The summed E-state index contributed by atoms with van der Waals surface area (Å²) in [6.07, 6.45) is 0. The molecule has 2 N–H and O–H groups in total. The highest BCUT2D eigenvalue weighted by Gasteiger charge is 2.06. The van der Waals surface area contributed by atoms with Crippen molar-refractivity contribution >= 4 is 38.4 Å². The summed E-state index contributed by atoms with van der Waals surface area (Å²) in [5.41, 5.74) is 2.53. The summed E-state index contributed by atoms with van der Waals surface area (Å²) in [6.45, 7) is 1.92. The smallest absolute Gasteiger partial charge is 0.262 e. The summed E-state index contributed by atoms with van der Waals surface area (Å²) in [4.78, 5) is 11.9. The van der Waals surface area contributed by atoms with Gasteiger partial charge in [0, 0.05) is 21.2 Å². The van der Waals surface area contributed by atoms with Crippen molar-refractivity contribution in [3.63, 3.8) is 0 Å². The van der Waals surface area contributed by atoms with Gasteiger partial charge in [-0.15, -0.1) is 0 Å². The Morgan fingerprint density at radius 2 is 2.05 bits per heavy atom. The molecule has 1 heterocycles. The van der Waals surface area contributed by atoms with Crippen molar-refractivity contribution in [3.05, 3.63) is 52.6 Å². The lowest BCUT2D eigenvalue weighted by atomic mass is 10.2. The molecule has 0 aliphatic rings. The molecule has 0 bridgehead atoms. The van der Waals surface area contributed by atoms with Gasteiger partial charge in [-0.25, -0.2) is 0 Å². The molecule has 0 aliphatic carbocycles. The molecule has 1 aromatic heterocycles. The van der Waals surface area contributed by atoms with Crippen LogP contribution in [0.25, 0.3) is 10.9 Å². The first-order chi connectivity index (χ1) is 10.6. The molecule has 0 atom stereocenters. The third kappa shape index (κ3) is 3.28. The van der Waals surface area contributed by atoms with Gasteiger partial charge in [-0.05, 0) is 49.4 Å². The number of aryl methyl sites for hydroxylation is 1. The molecule has 0 aliphatic heterocycles. The second-order valence-corrected chi connectivity index (χ2v) is 5.79. The van der Waals surface area contributed by atoms with Crippen LogP contribution in [0.3, 0.4) is 0 Å². The Kier molecular flexibility index (Phi) is 4.11. The van der Waals surface area contributed by atoms with Gasteiger partial charge < -0.3 is 10.1 Å². The molecule has 6 heteroatoms. The SMILES string of the molecule is Cc1[nH]nc2cc(NC(=O)COc3ccc(Br)cc3)ccc12. The van der Waals surface area contributed by atoms with Crippen LogP contribution in [-0.4, -0.2) is 22.7 Å². The monoisotopic (exact) mass is 359 g/mol. The number of halogens is 1. The van der Waals surface area contributed by atoms with Gasteiger partial charge in [0.05, 0.1) is 5.52 Å². The molecule has 0 radical (unpaired) electrons. The second-order valence-electron chi connectivity index (χ2n) is 4.87. The van der Waals surface area contributed by atoms with Crippen LogP contribution in [-0.2, 0) is 4.79 Å². The molecule has 112 valence electrons. The summed E-state index contributed by atoms with van der Waals surface area (Å²) in [5.74, 6) is 0.436. The predicted molar refractivity (Wildman–Crippen MR) is 89.1 cm³/mol. The van der Waals surface area contributed by atoms with E-state index in [1.807, 2.05) is 37.3 Å². The maximum absolute atomic E-state index is 11.9. The third-order valence-electron chi connectivity index (χ3n) is 3.21. The van der Waals surface area contributed by atoms with E-state index >= 15 is 0 Å². The molecule has 1 amide bonds. The number of ether oxygens (including phenoxy) is 1. The van der Waals surface area contributed by atoms with Gasteiger partial charge in [-0.3, -0.25) is 9.89 Å². The van der Waals surface area contributed by atoms with Crippen LogP contribution in [0.5, 0.6) is 5.75 Å². The summed E-state index contributed by atoms with van der Waals surface area (Å²) in [6, 6.07) is 12.9. The Balaban J connectivity index is 1.61. The lowest BCUT2D eigenvalue weighted by molar-refractivity contribution is -0.118. The Hall–Kier alpha value is -2.34. The van der Waals surface area contributed by atoms with Crippen LogP contribution < -0.4 is 10.1 Å². The Morgan fingerprint density at radius 3 is 2.82 bits per heavy atom. The number of nitrogens with one attached hydrogen (secondary N) is 2. The molecule has 5 nitrogen and oxygen atoms in total. The number of hydrogen-bond acceptors (Lipinski definition) is 3. The number of benzene rings is 2. The quantitative estimate of drug-likeness (QED) is 0.746. The van der Waals surface area contributed by atoms with Gasteiger partial charge >= 0.3 is 0 Å². The molecule has 3 aromatic rings. The van der Waals surface area contributed by atoms with E-state index in [0.29, 0.717) is 11.4 Å². The van der Waals surface area contributed by atoms with Gasteiger partial charge in [0.15, 0.2) is 6.61 Å². The third-order valence-corrected chi connectivity index (χ3v) is 3.74. The number of carbonyl (C=O) groups is 1. The number of anilines is 1. The first-order valence-corrected chi connectivity index (χ1v) is 7.54. The van der Waals surface area contributed by atoms with E-state index in [0.717, 1.165) is 21.1 Å². The first kappa shape index (κ1) is 14.6. The Labute approximate surface area is 135 Å². The predicted octanol–water partition coefficient (Wildman–Crippen LogP) is 3.65. The minimum absolute atomic E-state index is 0.0424. The maximum Gasteiger partial charge on any atom is 0.262 e. The topological polar surface area (TPSA) is 67.0 Å². The molecule has 0 saturated carbocycles. The number of fused-ring (bicyclic) bond motifs is 1. The summed E-state index contributed by atoms with van der Waals surface area (Å²) in [5, 5.41) is 10.9. The van der Waals surface area contributed by atoms with E-state index in [4.69, 9.17) is 4.74 Å². The average molecular weight is 360 g/mol. The second kappa shape index (κ2) is 6.19. The average Bonchev–Trinajstić information content (AvgIpc) is 2.88. The number of carbonyl (C=O) groups excluding carboxylic acids is 1. The highest BCUT2D eigenvalue weighted by molar-refractivity contribution is 9.10. The fraction of sp³-hybridized carbons (Fsp3) is 0.125. The fourth-order valence-corrected chi connectivity index (χ4v) is 2.36. The van der Waals surface area contributed by atoms with Gasteiger partial charge in [-0.1, -0.05) is 15.9 Å². The van der Waals surface area contributed by atoms with Gasteiger partial charge in [-0.2, -0.15) is 5.10 Å². The molecule has 0 unspecified atom stereocenters. The highest BCUT2D eigenvalue weighted by Crippen LogP contribution is 2.20. The normalized spacial score (nSPS) is 10.6. The number of hydrogen-bond donors (Lipinski definition) is 2.